The summed E-state index contributed by atoms with van der Waals surface area (Å²) < 4.78 is 0. The molecule has 0 fully saturated rings. The number of hydrogen-bond acceptors (Lipinski definition) is 4. The van der Waals surface area contributed by atoms with Gasteiger partial charge >= 0.3 is 0 Å². The molecule has 1 rings (SSSR count). The average molecular weight is 533 g/mol. The van der Waals surface area contributed by atoms with Gasteiger partial charge in [0, 0.05) is 63.6 Å². The van der Waals surface area contributed by atoms with Crippen molar-refractivity contribution in [1.29, 1.82) is 0 Å². The Morgan fingerprint density at radius 2 is 1.83 bits per heavy atom. The van der Waals surface area contributed by atoms with Gasteiger partial charge in [0.2, 0.25) is 5.91 Å². The Balaban J connectivity index is 0.00000841. The molecule has 172 valence electrons. The molecule has 0 saturated heterocycles. The normalized spacial score (nSPS) is 11.6. The van der Waals surface area contributed by atoms with Gasteiger partial charge in [-0.25, -0.2) is 4.99 Å². The summed E-state index contributed by atoms with van der Waals surface area (Å²) in [4.78, 5) is 25.3. The number of carbonyl (C=O) groups excluding carboxylic acids is 1. The molecule has 1 aromatic rings. The smallest absolute Gasteiger partial charge is 0.244 e. The highest BCUT2D eigenvalue weighted by molar-refractivity contribution is 14.0. The van der Waals surface area contributed by atoms with E-state index in [0.717, 1.165) is 38.2 Å². The van der Waals surface area contributed by atoms with Crippen LogP contribution in [0.2, 0.25) is 0 Å². The fourth-order valence-corrected chi connectivity index (χ4v) is 3.14. The lowest BCUT2D eigenvalue weighted by Gasteiger charge is -2.30. The van der Waals surface area contributed by atoms with Crippen LogP contribution in [0.3, 0.4) is 0 Å². The molecule has 2 N–H and O–H groups in total. The van der Waals surface area contributed by atoms with Crippen molar-refractivity contribution in [2.24, 2.45) is 4.99 Å². The number of carbonyl (C=O) groups is 1. The highest BCUT2D eigenvalue weighted by Gasteiger charge is 2.12. The van der Waals surface area contributed by atoms with Crippen LogP contribution in [-0.4, -0.2) is 78.5 Å². The molecule has 1 amide bonds. The first-order chi connectivity index (χ1) is 13.8. The second-order valence-corrected chi connectivity index (χ2v) is 7.79. The van der Waals surface area contributed by atoms with Crippen molar-refractivity contribution in [2.75, 3.05) is 39.8 Å². The number of pyridine rings is 1. The van der Waals surface area contributed by atoms with E-state index in [2.05, 4.69) is 53.2 Å². The van der Waals surface area contributed by atoms with Crippen LogP contribution in [0.5, 0.6) is 0 Å². The summed E-state index contributed by atoms with van der Waals surface area (Å²) in [6.07, 6.45) is 3.55. The van der Waals surface area contributed by atoms with Crippen molar-refractivity contribution in [3.05, 3.63) is 30.1 Å². The summed E-state index contributed by atoms with van der Waals surface area (Å²) in [6.45, 7) is 14.3. The summed E-state index contributed by atoms with van der Waals surface area (Å²) in [5.74, 6) is 0.698. The highest BCUT2D eigenvalue weighted by Crippen LogP contribution is 2.05. The van der Waals surface area contributed by atoms with E-state index >= 15 is 0 Å². The Hall–Kier alpha value is -1.42. The minimum absolute atomic E-state index is 0. The molecule has 0 spiro atoms. The Kier molecular flexibility index (Phi) is 15.5. The number of amides is 1. The van der Waals surface area contributed by atoms with Crippen molar-refractivity contribution >= 4 is 35.8 Å². The highest BCUT2D eigenvalue weighted by atomic mass is 127. The van der Waals surface area contributed by atoms with Crippen LogP contribution in [0.1, 0.15) is 46.7 Å². The number of nitrogens with one attached hydrogen (secondary N) is 2. The molecule has 0 atom stereocenters. The number of halogens is 1. The Morgan fingerprint density at radius 1 is 1.13 bits per heavy atom. The number of hydrogen-bond donors (Lipinski definition) is 2. The molecule has 0 aliphatic carbocycles. The maximum atomic E-state index is 12.4. The van der Waals surface area contributed by atoms with Crippen LogP contribution in [0.4, 0.5) is 0 Å². The number of nitrogens with zero attached hydrogens (tertiary/aromatic N) is 4. The Morgan fingerprint density at radius 3 is 2.40 bits per heavy atom. The van der Waals surface area contributed by atoms with Gasteiger partial charge in [0.15, 0.2) is 5.96 Å². The first kappa shape index (κ1) is 28.6. The predicted octanol–water partition coefficient (Wildman–Crippen LogP) is 2.76. The van der Waals surface area contributed by atoms with Crippen molar-refractivity contribution in [1.82, 2.24) is 25.4 Å². The van der Waals surface area contributed by atoms with Crippen LogP contribution >= 0.6 is 24.0 Å². The molecule has 1 heterocycles. The Bertz CT molecular complexity index is 601. The second-order valence-electron chi connectivity index (χ2n) is 7.79. The minimum Gasteiger partial charge on any atom is -0.357 e. The van der Waals surface area contributed by atoms with Gasteiger partial charge < -0.3 is 15.5 Å². The second kappa shape index (κ2) is 16.3. The number of aromatic nitrogens is 1. The van der Waals surface area contributed by atoms with Crippen LogP contribution in [0.25, 0.3) is 0 Å². The molecular formula is C22H41IN6O. The van der Waals surface area contributed by atoms with Gasteiger partial charge in [-0.2, -0.15) is 0 Å². The number of rotatable bonds is 12. The van der Waals surface area contributed by atoms with E-state index in [1.165, 1.54) is 0 Å². The van der Waals surface area contributed by atoms with Crippen LogP contribution in [0.15, 0.2) is 29.4 Å². The standard InChI is InChI=1S/C22H40N6O.HI/c1-7-23-22(25-14-10-15-28(18(2)3)19(4)5)26-17-21(29)27(6)16-12-20-11-8-9-13-24-20;/h8-9,11,13,18-19H,7,10,12,14-17H2,1-6H3,(H2,23,25,26);1H. The molecule has 0 saturated carbocycles. The summed E-state index contributed by atoms with van der Waals surface area (Å²) >= 11 is 0. The lowest BCUT2D eigenvalue weighted by molar-refractivity contribution is -0.128. The fraction of sp³-hybridized carbons (Fsp3) is 0.682. The maximum absolute atomic E-state index is 12.4. The Labute approximate surface area is 200 Å². The topological polar surface area (TPSA) is 72.9 Å². The van der Waals surface area contributed by atoms with Gasteiger partial charge in [-0.15, -0.1) is 24.0 Å². The first-order valence-electron chi connectivity index (χ1n) is 10.8. The van der Waals surface area contributed by atoms with Gasteiger partial charge in [0.1, 0.15) is 6.54 Å². The molecule has 7 nitrogen and oxygen atoms in total. The quantitative estimate of drug-likeness (QED) is 0.188. The zero-order chi connectivity index (χ0) is 21.6. The molecule has 8 heteroatoms. The molecule has 0 aliphatic heterocycles. The molecule has 0 aliphatic rings. The summed E-state index contributed by atoms with van der Waals surface area (Å²) in [6, 6.07) is 6.91. The van der Waals surface area contributed by atoms with E-state index in [9.17, 15) is 4.79 Å². The zero-order valence-corrected chi connectivity index (χ0v) is 21.8. The van der Waals surface area contributed by atoms with Gasteiger partial charge in [0.05, 0.1) is 0 Å². The molecule has 30 heavy (non-hydrogen) atoms. The first-order valence-corrected chi connectivity index (χ1v) is 10.8. The van der Waals surface area contributed by atoms with E-state index in [1.54, 1.807) is 11.1 Å². The van der Waals surface area contributed by atoms with Gasteiger partial charge in [-0.1, -0.05) is 6.07 Å². The molecule has 0 radical (unpaired) electrons. The zero-order valence-electron chi connectivity index (χ0n) is 19.5. The number of guanidine groups is 1. The SMILES string of the molecule is CCNC(=NCC(=O)N(C)CCc1ccccn1)NCCCN(C(C)C)C(C)C.I. The largest absolute Gasteiger partial charge is 0.357 e. The van der Waals surface area contributed by atoms with Crippen molar-refractivity contribution in [3.8, 4) is 0 Å². The van der Waals surface area contributed by atoms with Crippen molar-refractivity contribution < 1.29 is 4.79 Å². The molecule has 0 bridgehead atoms. The summed E-state index contributed by atoms with van der Waals surface area (Å²) in [7, 11) is 1.81. The van der Waals surface area contributed by atoms with Crippen molar-refractivity contribution in [2.45, 2.75) is 59.5 Å². The van der Waals surface area contributed by atoms with Crippen LogP contribution in [0, 0.1) is 0 Å². The number of likely N-dealkylation sites (N-methyl/N-ethyl adjacent to an activating group) is 1. The van der Waals surface area contributed by atoms with E-state index in [4.69, 9.17) is 0 Å². The lowest BCUT2D eigenvalue weighted by atomic mass is 10.2. The van der Waals surface area contributed by atoms with Crippen LogP contribution < -0.4 is 10.6 Å². The third-order valence-corrected chi connectivity index (χ3v) is 4.78. The van der Waals surface area contributed by atoms with E-state index in [0.29, 0.717) is 24.6 Å². The third-order valence-electron chi connectivity index (χ3n) is 4.78. The fourth-order valence-electron chi connectivity index (χ4n) is 3.14. The van der Waals surface area contributed by atoms with Crippen LogP contribution in [-0.2, 0) is 11.2 Å². The van der Waals surface area contributed by atoms with Gasteiger partial charge in [-0.05, 0) is 53.2 Å². The van der Waals surface area contributed by atoms with E-state index in [1.807, 2.05) is 32.2 Å². The molecule has 0 aromatic carbocycles. The number of aliphatic imine (C=N–C) groups is 1. The van der Waals surface area contributed by atoms with E-state index < -0.39 is 0 Å². The third kappa shape index (κ3) is 11.7. The monoisotopic (exact) mass is 532 g/mol. The lowest BCUT2D eigenvalue weighted by Crippen LogP contribution is -2.42. The van der Waals surface area contributed by atoms with Gasteiger partial charge in [0.25, 0.3) is 0 Å². The maximum Gasteiger partial charge on any atom is 0.244 e. The predicted molar refractivity (Wildman–Crippen MR) is 137 cm³/mol. The van der Waals surface area contributed by atoms with Crippen molar-refractivity contribution in [3.63, 3.8) is 0 Å². The average Bonchev–Trinajstić information content (AvgIpc) is 2.69. The van der Waals surface area contributed by atoms with Gasteiger partial charge in [-0.3, -0.25) is 14.7 Å². The molecular weight excluding hydrogens is 491 g/mol. The summed E-state index contributed by atoms with van der Waals surface area (Å²) in [5, 5.41) is 6.55. The van der Waals surface area contributed by atoms with E-state index in [-0.39, 0.29) is 36.4 Å². The minimum atomic E-state index is 0. The summed E-state index contributed by atoms with van der Waals surface area (Å²) in [5.41, 5.74) is 0.988. The molecule has 1 aromatic heterocycles. The molecule has 0 unspecified atom stereocenters.